The molecule has 19 nitrogen and oxygen atoms in total. The number of nitrogens with zero attached hydrogens (tertiary/aromatic N) is 8. The van der Waals surface area contributed by atoms with Gasteiger partial charge in [0, 0.05) is 51.1 Å². The summed E-state index contributed by atoms with van der Waals surface area (Å²) in [6, 6.07) is 10.6. The number of aryl methyl sites for hydroxylation is 2. The number of H-pyrrole nitrogens is 1. The fourth-order valence-electron chi connectivity index (χ4n) is 7.66. The average molecular weight is 990 g/mol. The molecule has 0 bridgehead atoms. The molecule has 2 N–H and O–H groups in total. The molecule has 5 heterocycles. The molecular formula is C43H38ClF6N9O10. The van der Waals surface area contributed by atoms with Crippen molar-refractivity contribution in [2.75, 3.05) is 0 Å². The Balaban J connectivity index is 0.951. The first-order chi connectivity index (χ1) is 32.6. The number of rotatable bonds is 17. The second-order valence-electron chi connectivity index (χ2n) is 16.7. The zero-order valence-corrected chi connectivity index (χ0v) is 36.9. The summed E-state index contributed by atoms with van der Waals surface area (Å²) < 4.78 is 112. The van der Waals surface area contributed by atoms with E-state index in [2.05, 4.69) is 29.4 Å². The van der Waals surface area contributed by atoms with E-state index >= 15 is 0 Å². The van der Waals surface area contributed by atoms with Crippen molar-refractivity contribution in [3.8, 4) is 35.0 Å². The molecule has 2 fully saturated rings. The van der Waals surface area contributed by atoms with Crippen molar-refractivity contribution in [3.63, 3.8) is 0 Å². The van der Waals surface area contributed by atoms with Gasteiger partial charge in [-0.2, -0.15) is 9.97 Å². The van der Waals surface area contributed by atoms with Crippen LogP contribution in [0.2, 0.25) is 5.02 Å². The number of hydrogen-bond donors (Lipinski definition) is 2. The van der Waals surface area contributed by atoms with Gasteiger partial charge in [0.1, 0.15) is 23.0 Å². The van der Waals surface area contributed by atoms with Crippen LogP contribution in [0.15, 0.2) is 80.0 Å². The van der Waals surface area contributed by atoms with E-state index in [0.717, 1.165) is 36.5 Å². The van der Waals surface area contributed by atoms with E-state index in [9.17, 15) is 50.6 Å². The fourth-order valence-corrected chi connectivity index (χ4v) is 7.78. The third-order valence-corrected chi connectivity index (χ3v) is 12.0. The molecule has 2 aliphatic carbocycles. The van der Waals surface area contributed by atoms with Crippen LogP contribution in [0.1, 0.15) is 49.8 Å². The van der Waals surface area contributed by atoms with E-state index in [1.807, 2.05) is 0 Å². The summed E-state index contributed by atoms with van der Waals surface area (Å²) in [5.41, 5.74) is -5.01. The highest BCUT2D eigenvalue weighted by Crippen LogP contribution is 2.45. The first-order valence-corrected chi connectivity index (χ1v) is 21.4. The maximum atomic E-state index is 14.3. The molecule has 0 atom stereocenters. The maximum Gasteiger partial charge on any atom is 0.573 e. The molecule has 2 aliphatic rings. The van der Waals surface area contributed by atoms with Crippen molar-refractivity contribution in [3.05, 3.63) is 119 Å². The van der Waals surface area contributed by atoms with Crippen LogP contribution in [-0.4, -0.2) is 71.8 Å². The van der Waals surface area contributed by atoms with Crippen LogP contribution in [-0.2, 0) is 45.1 Å². The van der Waals surface area contributed by atoms with Crippen molar-refractivity contribution in [1.82, 2.24) is 42.8 Å². The number of nitrogens with one attached hydrogen (secondary N) is 1. The van der Waals surface area contributed by atoms with Crippen LogP contribution in [0.25, 0.3) is 22.3 Å². The summed E-state index contributed by atoms with van der Waals surface area (Å²) in [5.74, 6) is -1.60. The Bertz CT molecular complexity index is 3370. The molecule has 69 heavy (non-hydrogen) atoms. The van der Waals surface area contributed by atoms with Crippen LogP contribution in [0.4, 0.5) is 26.3 Å². The molecule has 0 unspecified atom stereocenters. The summed E-state index contributed by atoms with van der Waals surface area (Å²) in [5, 5.41) is 10.5. The van der Waals surface area contributed by atoms with E-state index in [1.165, 1.54) is 49.1 Å². The smallest absolute Gasteiger partial charge is 0.425 e. The number of benzene rings is 2. The predicted molar refractivity (Wildman–Crippen MR) is 230 cm³/mol. The Labute approximate surface area is 387 Å². The summed E-state index contributed by atoms with van der Waals surface area (Å²) in [7, 11) is 2.73. The molecule has 0 aliphatic heterocycles. The quantitative estimate of drug-likeness (QED) is 0.0979. The van der Waals surface area contributed by atoms with Gasteiger partial charge >= 0.3 is 36.1 Å². The minimum Gasteiger partial charge on any atom is -0.425 e. The molecule has 9 rings (SSSR count). The largest absolute Gasteiger partial charge is 0.573 e. The van der Waals surface area contributed by atoms with Crippen molar-refractivity contribution in [1.29, 1.82) is 0 Å². The predicted octanol–water partition coefficient (Wildman–Crippen LogP) is 6.17. The lowest BCUT2D eigenvalue weighted by Gasteiger charge is -2.20. The van der Waals surface area contributed by atoms with Gasteiger partial charge in [-0.25, -0.2) is 9.59 Å². The van der Waals surface area contributed by atoms with Gasteiger partial charge in [0.05, 0.1) is 35.1 Å². The van der Waals surface area contributed by atoms with Crippen LogP contribution in [0, 0.1) is 0 Å². The topological polar surface area (TPSA) is 214 Å². The molecule has 0 radical (unpaired) electrons. The van der Waals surface area contributed by atoms with Crippen LogP contribution in [0.5, 0.6) is 35.0 Å². The Morgan fingerprint density at radius 1 is 0.754 bits per heavy atom. The lowest BCUT2D eigenvalue weighted by Crippen LogP contribution is -2.40. The Morgan fingerprint density at radius 3 is 2.09 bits per heavy atom. The fraction of sp³-hybridized carbons (Fsp3) is 0.372. The second-order valence-corrected chi connectivity index (χ2v) is 17.1. The van der Waals surface area contributed by atoms with Gasteiger partial charge in [-0.1, -0.05) is 17.7 Å². The third-order valence-electron chi connectivity index (χ3n) is 11.8. The van der Waals surface area contributed by atoms with E-state index in [1.54, 1.807) is 12.1 Å². The molecule has 7 aromatic rings. The lowest BCUT2D eigenvalue weighted by atomic mass is 10.2. The van der Waals surface area contributed by atoms with Crippen molar-refractivity contribution < 1.29 is 55.1 Å². The van der Waals surface area contributed by atoms with Crippen LogP contribution in [0.3, 0.4) is 0 Å². The van der Waals surface area contributed by atoms with Crippen molar-refractivity contribution in [2.24, 2.45) is 14.1 Å². The maximum absolute atomic E-state index is 14.3. The third kappa shape index (κ3) is 10.2. The van der Waals surface area contributed by atoms with Crippen LogP contribution >= 0.6 is 11.6 Å². The van der Waals surface area contributed by atoms with Crippen molar-refractivity contribution in [2.45, 2.75) is 88.7 Å². The number of alkyl halides is 6. The summed E-state index contributed by atoms with van der Waals surface area (Å²) in [6.07, 6.45) is -6.57. The number of ether oxygens (including phenoxy) is 5. The van der Waals surface area contributed by atoms with E-state index < -0.39 is 64.5 Å². The Hall–Kier alpha value is -7.12. The number of pyridine rings is 1. The van der Waals surface area contributed by atoms with Gasteiger partial charge in [0.25, 0.3) is 11.1 Å². The summed E-state index contributed by atoms with van der Waals surface area (Å²) in [4.78, 5) is 69.8. The van der Waals surface area contributed by atoms with Gasteiger partial charge in [0.2, 0.25) is 0 Å². The van der Waals surface area contributed by atoms with Gasteiger partial charge in [-0.05, 0) is 74.9 Å². The minimum atomic E-state index is -5.15. The summed E-state index contributed by atoms with van der Waals surface area (Å²) in [6.45, 7) is -0.836. The Morgan fingerprint density at radius 2 is 1.42 bits per heavy atom. The number of aromatic nitrogens is 9. The number of fused-ring (bicyclic) bond motifs is 2. The molecule has 5 aromatic heterocycles. The van der Waals surface area contributed by atoms with E-state index in [4.69, 9.17) is 25.8 Å². The number of aromatic amines is 1. The molecule has 2 saturated carbocycles. The zero-order valence-electron chi connectivity index (χ0n) is 36.2. The number of halogens is 7. The van der Waals surface area contributed by atoms with E-state index in [0.29, 0.717) is 36.4 Å². The molecule has 26 heteroatoms. The van der Waals surface area contributed by atoms with Crippen LogP contribution < -0.4 is 41.4 Å². The first-order valence-electron chi connectivity index (χ1n) is 21.0. The van der Waals surface area contributed by atoms with Gasteiger partial charge in [-0.3, -0.25) is 37.4 Å². The normalized spacial score (nSPS) is 15.2. The minimum absolute atomic E-state index is 0.0459. The second kappa shape index (κ2) is 17.4. The molecule has 364 valence electrons. The highest BCUT2D eigenvalue weighted by atomic mass is 35.5. The standard InChI is InChI=1S/C43H38ClF6N9O10/c1-55-32-30(34(60)57(38(55)62)16-14-40(64)10-11-40)52-36(53-32)66-27-9-6-23(29(19-27)69-43(48,49)50)22-65-41(12-13-41)15-17-58-35(61)31-33(56(2)39(58)63)54-37(59(31)21-25-8-7-24(44)20-51-25)67-26-4-3-5-28(18-26)68-42(45,46)47/h3-9,18-20,64H,10-17,21-22H2,1-2H3,(H,52,53). The van der Waals surface area contributed by atoms with E-state index in [-0.39, 0.29) is 83.9 Å². The lowest BCUT2D eigenvalue weighted by molar-refractivity contribution is -0.276. The van der Waals surface area contributed by atoms with Gasteiger partial charge in [0.15, 0.2) is 22.3 Å². The number of hydrogen-bond acceptors (Lipinski definition) is 13. The molecule has 0 spiro atoms. The molecule has 0 amide bonds. The van der Waals surface area contributed by atoms with Crippen molar-refractivity contribution >= 4 is 33.9 Å². The first kappa shape index (κ1) is 47.0. The zero-order chi connectivity index (χ0) is 49.2. The number of imidazole rings is 2. The SMILES string of the molecule is Cn1c(=O)n(CCC2(O)CC2)c(=O)c2[nH]c(Oc3ccc(COC4(CCn5c(=O)c6c(nc(Oc7cccc(OC(F)(F)F)c7)n6Cc6ccc(Cl)cn6)n(C)c5=O)CC4)c(OC(F)(F)F)c3)nc21. The Kier molecular flexibility index (Phi) is 11.9. The average Bonchev–Trinajstić information content (AvgIpc) is 4.14. The summed E-state index contributed by atoms with van der Waals surface area (Å²) >= 11 is 6.04. The molecule has 2 aromatic carbocycles. The highest BCUT2D eigenvalue weighted by Gasteiger charge is 2.44. The monoisotopic (exact) mass is 989 g/mol. The molecular weight excluding hydrogens is 952 g/mol. The molecule has 0 saturated heterocycles. The number of aliphatic hydroxyl groups is 1. The van der Waals surface area contributed by atoms with Gasteiger partial charge in [-0.15, -0.1) is 26.3 Å². The highest BCUT2D eigenvalue weighted by molar-refractivity contribution is 6.30. The van der Waals surface area contributed by atoms with Gasteiger partial charge < -0.3 is 33.8 Å².